The fourth-order valence-corrected chi connectivity index (χ4v) is 1.62. The molecular formula is C10H10BrNO. The number of phenolic OH excluding ortho intramolecular Hbond substituents is 1. The van der Waals surface area contributed by atoms with Gasteiger partial charge in [-0.1, -0.05) is 0 Å². The van der Waals surface area contributed by atoms with Gasteiger partial charge in [0.1, 0.15) is 5.75 Å². The van der Waals surface area contributed by atoms with Crippen LogP contribution in [0.2, 0.25) is 0 Å². The summed E-state index contributed by atoms with van der Waals surface area (Å²) in [5.41, 5.74) is 2.13. The summed E-state index contributed by atoms with van der Waals surface area (Å²) in [6.07, 6.45) is 1.19. The third-order valence-electron chi connectivity index (χ3n) is 1.91. The molecule has 13 heavy (non-hydrogen) atoms. The molecule has 0 heterocycles. The van der Waals surface area contributed by atoms with Gasteiger partial charge in [-0.3, -0.25) is 0 Å². The molecular weight excluding hydrogens is 230 g/mol. The van der Waals surface area contributed by atoms with Crippen LogP contribution in [-0.2, 0) is 6.42 Å². The first-order valence-corrected chi connectivity index (χ1v) is 4.79. The standard InChI is InChI=1S/C10H10BrNO/c1-7-5-9(11)10(13)6-8(7)3-2-4-12/h5-6,13H,2-3H2,1H3. The Kier molecular flexibility index (Phi) is 3.32. The van der Waals surface area contributed by atoms with Crippen LogP contribution in [0.25, 0.3) is 0 Å². The third-order valence-corrected chi connectivity index (χ3v) is 2.55. The first kappa shape index (κ1) is 10.1. The van der Waals surface area contributed by atoms with E-state index in [1.165, 1.54) is 0 Å². The highest BCUT2D eigenvalue weighted by molar-refractivity contribution is 9.10. The molecule has 0 spiro atoms. The number of aryl methyl sites for hydroxylation is 2. The average Bonchev–Trinajstić information content (AvgIpc) is 2.09. The van der Waals surface area contributed by atoms with Crippen LogP contribution in [-0.4, -0.2) is 5.11 Å². The van der Waals surface area contributed by atoms with E-state index in [1.807, 2.05) is 13.0 Å². The minimum absolute atomic E-state index is 0.235. The van der Waals surface area contributed by atoms with Crippen LogP contribution in [0.15, 0.2) is 16.6 Å². The average molecular weight is 240 g/mol. The van der Waals surface area contributed by atoms with Crippen molar-refractivity contribution in [3.8, 4) is 11.8 Å². The van der Waals surface area contributed by atoms with E-state index in [-0.39, 0.29) is 5.75 Å². The van der Waals surface area contributed by atoms with Gasteiger partial charge in [-0.2, -0.15) is 5.26 Å². The highest BCUT2D eigenvalue weighted by Crippen LogP contribution is 2.27. The first-order valence-electron chi connectivity index (χ1n) is 4.00. The van der Waals surface area contributed by atoms with Crippen molar-refractivity contribution in [2.45, 2.75) is 19.8 Å². The molecule has 68 valence electrons. The van der Waals surface area contributed by atoms with E-state index in [0.29, 0.717) is 17.3 Å². The summed E-state index contributed by atoms with van der Waals surface area (Å²) in [5.74, 6) is 0.235. The van der Waals surface area contributed by atoms with E-state index in [9.17, 15) is 5.11 Å². The molecule has 2 nitrogen and oxygen atoms in total. The fourth-order valence-electron chi connectivity index (χ4n) is 1.16. The largest absolute Gasteiger partial charge is 0.507 e. The monoisotopic (exact) mass is 239 g/mol. The summed E-state index contributed by atoms with van der Waals surface area (Å²) in [6, 6.07) is 5.65. The van der Waals surface area contributed by atoms with Gasteiger partial charge in [0.15, 0.2) is 0 Å². The summed E-state index contributed by atoms with van der Waals surface area (Å²) >= 11 is 3.23. The van der Waals surface area contributed by atoms with Gasteiger partial charge in [0, 0.05) is 6.42 Å². The fraction of sp³-hybridized carbons (Fsp3) is 0.300. The van der Waals surface area contributed by atoms with Crippen LogP contribution in [0.5, 0.6) is 5.75 Å². The lowest BCUT2D eigenvalue weighted by atomic mass is 10.0. The molecule has 0 radical (unpaired) electrons. The second kappa shape index (κ2) is 4.29. The molecule has 0 saturated carbocycles. The third kappa shape index (κ3) is 2.46. The quantitative estimate of drug-likeness (QED) is 0.863. The van der Waals surface area contributed by atoms with Gasteiger partial charge in [-0.05, 0) is 52.5 Å². The Morgan fingerprint density at radius 3 is 2.85 bits per heavy atom. The predicted molar refractivity (Wildman–Crippen MR) is 54.5 cm³/mol. The molecule has 0 aromatic heterocycles. The lowest BCUT2D eigenvalue weighted by Crippen LogP contribution is -1.89. The second-order valence-corrected chi connectivity index (χ2v) is 3.74. The van der Waals surface area contributed by atoms with E-state index < -0.39 is 0 Å². The predicted octanol–water partition coefficient (Wildman–Crippen LogP) is 2.92. The van der Waals surface area contributed by atoms with Crippen molar-refractivity contribution >= 4 is 15.9 Å². The van der Waals surface area contributed by atoms with E-state index in [2.05, 4.69) is 22.0 Å². The van der Waals surface area contributed by atoms with Crippen molar-refractivity contribution in [1.29, 1.82) is 5.26 Å². The lowest BCUT2D eigenvalue weighted by Gasteiger charge is -2.05. The molecule has 0 saturated heterocycles. The highest BCUT2D eigenvalue weighted by atomic mass is 79.9. The van der Waals surface area contributed by atoms with E-state index in [1.54, 1.807) is 6.07 Å². The van der Waals surface area contributed by atoms with Gasteiger partial charge in [0.05, 0.1) is 10.5 Å². The molecule has 0 aliphatic rings. The Labute approximate surface area is 85.9 Å². The lowest BCUT2D eigenvalue weighted by molar-refractivity contribution is 0.471. The van der Waals surface area contributed by atoms with E-state index in [4.69, 9.17) is 5.26 Å². The van der Waals surface area contributed by atoms with Crippen LogP contribution in [0.1, 0.15) is 17.5 Å². The summed E-state index contributed by atoms with van der Waals surface area (Å²) in [7, 11) is 0. The first-order chi connectivity index (χ1) is 6.15. The van der Waals surface area contributed by atoms with Crippen LogP contribution in [0.4, 0.5) is 0 Å². The molecule has 3 heteroatoms. The van der Waals surface area contributed by atoms with Gasteiger partial charge in [0.25, 0.3) is 0 Å². The topological polar surface area (TPSA) is 44.0 Å². The van der Waals surface area contributed by atoms with Crippen LogP contribution >= 0.6 is 15.9 Å². The molecule has 1 rings (SSSR count). The highest BCUT2D eigenvalue weighted by Gasteiger charge is 2.03. The molecule has 0 aliphatic carbocycles. The Hall–Kier alpha value is -1.01. The smallest absolute Gasteiger partial charge is 0.130 e. The van der Waals surface area contributed by atoms with Crippen molar-refractivity contribution < 1.29 is 5.11 Å². The molecule has 0 atom stereocenters. The molecule has 0 unspecified atom stereocenters. The summed E-state index contributed by atoms with van der Waals surface area (Å²) in [4.78, 5) is 0. The molecule has 0 fully saturated rings. The van der Waals surface area contributed by atoms with Crippen molar-refractivity contribution in [2.24, 2.45) is 0 Å². The minimum Gasteiger partial charge on any atom is -0.507 e. The maximum Gasteiger partial charge on any atom is 0.130 e. The van der Waals surface area contributed by atoms with E-state index in [0.717, 1.165) is 11.1 Å². The SMILES string of the molecule is Cc1cc(Br)c(O)cc1CCC#N. The number of halogens is 1. The van der Waals surface area contributed by atoms with Crippen molar-refractivity contribution in [3.05, 3.63) is 27.7 Å². The van der Waals surface area contributed by atoms with Crippen molar-refractivity contribution in [2.75, 3.05) is 0 Å². The van der Waals surface area contributed by atoms with Gasteiger partial charge in [0.2, 0.25) is 0 Å². The Morgan fingerprint density at radius 1 is 1.54 bits per heavy atom. The zero-order valence-corrected chi connectivity index (χ0v) is 8.93. The Bertz CT molecular complexity index is 355. The summed E-state index contributed by atoms with van der Waals surface area (Å²) in [5, 5.41) is 17.8. The molecule has 1 aromatic rings. The Morgan fingerprint density at radius 2 is 2.23 bits per heavy atom. The Balaban J connectivity index is 2.96. The zero-order chi connectivity index (χ0) is 9.84. The van der Waals surface area contributed by atoms with Gasteiger partial charge in [-0.25, -0.2) is 0 Å². The van der Waals surface area contributed by atoms with E-state index >= 15 is 0 Å². The number of nitriles is 1. The molecule has 0 aliphatic heterocycles. The molecule has 1 N–H and O–H groups in total. The second-order valence-electron chi connectivity index (χ2n) is 2.89. The number of rotatable bonds is 2. The maximum absolute atomic E-state index is 9.39. The zero-order valence-electron chi connectivity index (χ0n) is 7.34. The van der Waals surface area contributed by atoms with Gasteiger partial charge in [-0.15, -0.1) is 0 Å². The molecule has 0 bridgehead atoms. The number of nitrogens with zero attached hydrogens (tertiary/aromatic N) is 1. The van der Waals surface area contributed by atoms with Gasteiger partial charge >= 0.3 is 0 Å². The van der Waals surface area contributed by atoms with Crippen LogP contribution in [0.3, 0.4) is 0 Å². The number of benzene rings is 1. The maximum atomic E-state index is 9.39. The van der Waals surface area contributed by atoms with Crippen LogP contribution < -0.4 is 0 Å². The normalized spacial score (nSPS) is 9.62. The van der Waals surface area contributed by atoms with Gasteiger partial charge < -0.3 is 5.11 Å². The van der Waals surface area contributed by atoms with Crippen molar-refractivity contribution in [3.63, 3.8) is 0 Å². The number of hydrogen-bond acceptors (Lipinski definition) is 2. The summed E-state index contributed by atoms with van der Waals surface area (Å²) < 4.78 is 0.700. The van der Waals surface area contributed by atoms with Crippen molar-refractivity contribution in [1.82, 2.24) is 0 Å². The molecule has 1 aromatic carbocycles. The number of aromatic hydroxyl groups is 1. The van der Waals surface area contributed by atoms with Crippen LogP contribution in [0, 0.1) is 18.3 Å². The minimum atomic E-state index is 0.235. The molecule has 0 amide bonds. The summed E-state index contributed by atoms with van der Waals surface area (Å²) in [6.45, 7) is 1.97. The number of phenols is 1. The number of hydrogen-bond donors (Lipinski definition) is 1.